The van der Waals surface area contributed by atoms with Crippen LogP contribution in [0.5, 0.6) is 0 Å². The van der Waals surface area contributed by atoms with Crippen molar-refractivity contribution in [2.45, 2.75) is 25.0 Å². The molecule has 3 heterocycles. The first-order valence-corrected chi connectivity index (χ1v) is 10.1. The summed E-state index contributed by atoms with van der Waals surface area (Å²) in [7, 11) is 1.66. The summed E-state index contributed by atoms with van der Waals surface area (Å²) in [4.78, 5) is 28.5. The van der Waals surface area contributed by atoms with Gasteiger partial charge < -0.3 is 19.8 Å². The number of benzene rings is 1. The molecular weight excluding hydrogens is 398 g/mol. The maximum atomic E-state index is 12.4. The summed E-state index contributed by atoms with van der Waals surface area (Å²) in [6.45, 7) is 1.76. The quantitative estimate of drug-likeness (QED) is 0.633. The lowest BCUT2D eigenvalue weighted by molar-refractivity contribution is -0.132. The largest absolute Gasteiger partial charge is 0.419 e. The van der Waals surface area contributed by atoms with Crippen LogP contribution in [0.2, 0.25) is 0 Å². The molecular formula is C22H23N5O4. The fourth-order valence-corrected chi connectivity index (χ4v) is 3.51. The van der Waals surface area contributed by atoms with Gasteiger partial charge in [0.25, 0.3) is 5.91 Å². The van der Waals surface area contributed by atoms with E-state index in [-0.39, 0.29) is 12.3 Å². The Hall–Kier alpha value is -3.48. The molecule has 2 N–H and O–H groups in total. The van der Waals surface area contributed by atoms with Gasteiger partial charge in [-0.15, -0.1) is 0 Å². The summed E-state index contributed by atoms with van der Waals surface area (Å²) >= 11 is 0. The van der Waals surface area contributed by atoms with Crippen molar-refractivity contribution >= 4 is 17.0 Å². The number of nitrogens with zero attached hydrogens (tertiary/aromatic N) is 3. The third-order valence-electron chi connectivity index (χ3n) is 5.27. The van der Waals surface area contributed by atoms with Gasteiger partial charge in [-0.3, -0.25) is 14.3 Å². The van der Waals surface area contributed by atoms with E-state index in [1.54, 1.807) is 19.3 Å². The lowest BCUT2D eigenvalue weighted by atomic mass is 10.1. The molecule has 2 atom stereocenters. The van der Waals surface area contributed by atoms with Crippen molar-refractivity contribution < 1.29 is 13.9 Å². The molecule has 1 aromatic carbocycles. The van der Waals surface area contributed by atoms with Crippen LogP contribution in [0.4, 0.5) is 0 Å². The van der Waals surface area contributed by atoms with Gasteiger partial charge in [-0.1, -0.05) is 12.1 Å². The number of aryl methyl sites for hydroxylation is 1. The van der Waals surface area contributed by atoms with Crippen LogP contribution >= 0.6 is 0 Å². The van der Waals surface area contributed by atoms with Crippen molar-refractivity contribution in [1.29, 1.82) is 5.26 Å². The van der Waals surface area contributed by atoms with E-state index >= 15 is 0 Å². The number of hydrogen-bond acceptors (Lipinski definition) is 7. The second-order valence-corrected chi connectivity index (χ2v) is 7.46. The molecule has 1 amide bonds. The minimum atomic E-state index is -0.700. The van der Waals surface area contributed by atoms with Crippen molar-refractivity contribution in [3.63, 3.8) is 0 Å². The predicted octanol–water partition coefficient (Wildman–Crippen LogP) is 1.12. The number of nitrogens with one attached hydrogen (secondary N) is 2. The molecule has 1 aliphatic rings. The predicted molar refractivity (Wildman–Crippen MR) is 113 cm³/mol. The van der Waals surface area contributed by atoms with E-state index < -0.39 is 17.9 Å². The Morgan fingerprint density at radius 2 is 2.23 bits per heavy atom. The van der Waals surface area contributed by atoms with Gasteiger partial charge in [-0.25, -0.2) is 4.79 Å². The molecule has 0 aliphatic carbocycles. The minimum Gasteiger partial charge on any atom is -0.408 e. The molecule has 31 heavy (non-hydrogen) atoms. The summed E-state index contributed by atoms with van der Waals surface area (Å²) < 4.78 is 12.2. The lowest BCUT2D eigenvalue weighted by Crippen LogP contribution is -2.46. The Bertz CT molecular complexity index is 1170. The minimum absolute atomic E-state index is 0.290. The zero-order chi connectivity index (χ0) is 21.8. The highest BCUT2D eigenvalue weighted by Gasteiger charge is 2.23. The number of carbonyl (C=O) groups is 1. The van der Waals surface area contributed by atoms with Crippen molar-refractivity contribution in [2.24, 2.45) is 7.05 Å². The average molecular weight is 421 g/mol. The fourth-order valence-electron chi connectivity index (χ4n) is 3.51. The molecule has 2 aromatic heterocycles. The van der Waals surface area contributed by atoms with Crippen LogP contribution < -0.4 is 16.4 Å². The lowest BCUT2D eigenvalue weighted by Gasteiger charge is -2.17. The number of rotatable bonds is 5. The third-order valence-corrected chi connectivity index (χ3v) is 5.27. The molecule has 0 saturated carbocycles. The third kappa shape index (κ3) is 4.66. The number of nitriles is 1. The van der Waals surface area contributed by atoms with Gasteiger partial charge in [0.1, 0.15) is 12.1 Å². The molecule has 9 heteroatoms. The molecule has 160 valence electrons. The van der Waals surface area contributed by atoms with Crippen LogP contribution in [0.25, 0.3) is 22.2 Å². The summed E-state index contributed by atoms with van der Waals surface area (Å²) in [6.07, 6.45) is 2.26. The molecule has 0 spiro atoms. The second kappa shape index (κ2) is 9.12. The Kier molecular flexibility index (Phi) is 6.11. The number of amides is 1. The first-order chi connectivity index (χ1) is 15.0. The SMILES string of the molecule is Cn1c(=O)oc2ccc(-c3ccc(C[C@H](C#N)NC(=O)C4CNCCCO4)nc3)cc21. The second-order valence-electron chi connectivity index (χ2n) is 7.46. The monoisotopic (exact) mass is 421 g/mol. The molecule has 4 rings (SSSR count). The van der Waals surface area contributed by atoms with E-state index in [9.17, 15) is 14.9 Å². The summed E-state index contributed by atoms with van der Waals surface area (Å²) in [5.41, 5.74) is 3.68. The highest BCUT2D eigenvalue weighted by molar-refractivity contribution is 5.82. The van der Waals surface area contributed by atoms with Gasteiger partial charge in [0.2, 0.25) is 0 Å². The first kappa shape index (κ1) is 20.8. The van der Waals surface area contributed by atoms with E-state index in [1.807, 2.05) is 24.3 Å². The van der Waals surface area contributed by atoms with Crippen LogP contribution in [-0.4, -0.2) is 47.3 Å². The van der Waals surface area contributed by atoms with Gasteiger partial charge in [0, 0.05) is 44.1 Å². The molecule has 1 fully saturated rings. The number of pyridine rings is 1. The fraction of sp³-hybridized carbons (Fsp3) is 0.364. The normalized spacial score (nSPS) is 17.6. The molecule has 0 radical (unpaired) electrons. The van der Waals surface area contributed by atoms with Gasteiger partial charge in [-0.2, -0.15) is 5.26 Å². The van der Waals surface area contributed by atoms with Gasteiger partial charge >= 0.3 is 5.76 Å². The van der Waals surface area contributed by atoms with Gasteiger partial charge in [0.05, 0.1) is 11.6 Å². The zero-order valence-corrected chi connectivity index (χ0v) is 17.1. The maximum absolute atomic E-state index is 12.4. The summed E-state index contributed by atoms with van der Waals surface area (Å²) in [5, 5.41) is 15.4. The number of oxazole rings is 1. The first-order valence-electron chi connectivity index (χ1n) is 10.1. The Morgan fingerprint density at radius 1 is 1.39 bits per heavy atom. The Morgan fingerprint density at radius 3 is 3.00 bits per heavy atom. The van der Waals surface area contributed by atoms with Crippen LogP contribution in [-0.2, 0) is 23.0 Å². The molecule has 1 aliphatic heterocycles. The maximum Gasteiger partial charge on any atom is 0.419 e. The van der Waals surface area contributed by atoms with Crippen LogP contribution in [0.1, 0.15) is 12.1 Å². The highest BCUT2D eigenvalue weighted by Crippen LogP contribution is 2.23. The Labute approximate surface area is 178 Å². The molecule has 0 bridgehead atoms. The van der Waals surface area contributed by atoms with E-state index in [0.717, 1.165) is 24.1 Å². The molecule has 1 saturated heterocycles. The Balaban J connectivity index is 1.43. The topological polar surface area (TPSA) is 122 Å². The van der Waals surface area contributed by atoms with Crippen LogP contribution in [0.3, 0.4) is 0 Å². The van der Waals surface area contributed by atoms with E-state index in [1.165, 1.54) is 4.57 Å². The van der Waals surface area contributed by atoms with Crippen molar-refractivity contribution in [3.8, 4) is 17.2 Å². The van der Waals surface area contributed by atoms with Gasteiger partial charge in [-0.05, 0) is 36.7 Å². The van der Waals surface area contributed by atoms with Crippen molar-refractivity contribution in [2.75, 3.05) is 19.7 Å². The smallest absolute Gasteiger partial charge is 0.408 e. The molecule has 1 unspecified atom stereocenters. The standard InChI is InChI=1S/C22H23N5O4/c1-27-18-9-14(4-6-19(18)31-22(27)29)15-3-5-16(25-12-15)10-17(11-23)26-21(28)20-13-24-7-2-8-30-20/h3-6,9,12,17,20,24H,2,7-8,10,13H2,1H3,(H,26,28)/t17-,20?/m1/s1. The van der Waals surface area contributed by atoms with Crippen LogP contribution in [0, 0.1) is 11.3 Å². The van der Waals surface area contributed by atoms with Crippen molar-refractivity contribution in [1.82, 2.24) is 20.2 Å². The summed E-state index contributed by atoms with van der Waals surface area (Å²) in [5.74, 6) is -0.702. The van der Waals surface area contributed by atoms with Crippen molar-refractivity contribution in [3.05, 3.63) is 52.8 Å². The number of carbonyl (C=O) groups excluding carboxylic acids is 1. The number of ether oxygens (including phenoxy) is 1. The van der Waals surface area contributed by atoms with E-state index in [2.05, 4.69) is 21.7 Å². The number of aromatic nitrogens is 2. The number of fused-ring (bicyclic) bond motifs is 1. The molecule has 9 nitrogen and oxygen atoms in total. The van der Waals surface area contributed by atoms with E-state index in [0.29, 0.717) is 29.9 Å². The summed E-state index contributed by atoms with van der Waals surface area (Å²) in [6, 6.07) is 10.6. The zero-order valence-electron chi connectivity index (χ0n) is 17.1. The van der Waals surface area contributed by atoms with Gasteiger partial charge in [0.15, 0.2) is 5.58 Å². The average Bonchev–Trinajstić information content (AvgIpc) is 2.96. The highest BCUT2D eigenvalue weighted by atomic mass is 16.5. The van der Waals surface area contributed by atoms with E-state index in [4.69, 9.17) is 9.15 Å². The van der Waals surface area contributed by atoms with Crippen LogP contribution in [0.15, 0.2) is 45.7 Å². The molecule has 3 aromatic rings. The number of hydrogen-bond donors (Lipinski definition) is 2.